The van der Waals surface area contributed by atoms with Crippen LogP contribution in [0.25, 0.3) is 0 Å². The van der Waals surface area contributed by atoms with E-state index in [4.69, 9.17) is 4.74 Å². The molecule has 2 nitrogen and oxygen atoms in total. The van der Waals surface area contributed by atoms with Crippen LogP contribution in [0.3, 0.4) is 0 Å². The second kappa shape index (κ2) is 5.27. The van der Waals surface area contributed by atoms with E-state index in [1.807, 2.05) is 19.9 Å². The van der Waals surface area contributed by atoms with Crippen molar-refractivity contribution in [2.45, 2.75) is 50.9 Å². The van der Waals surface area contributed by atoms with Crippen LogP contribution in [-0.4, -0.2) is 22.9 Å². The lowest BCUT2D eigenvalue weighted by Crippen LogP contribution is -2.44. The first kappa shape index (κ1) is 14.0. The van der Waals surface area contributed by atoms with E-state index < -0.39 is 5.60 Å². The maximum absolute atomic E-state index is 13.3. The second-order valence-electron chi connectivity index (χ2n) is 5.34. The Kier molecular flexibility index (Phi) is 4.09. The van der Waals surface area contributed by atoms with E-state index in [0.29, 0.717) is 23.7 Å². The predicted octanol–water partition coefficient (Wildman–Crippen LogP) is 3.45. The van der Waals surface area contributed by atoms with Gasteiger partial charge in [0.2, 0.25) is 0 Å². The predicted molar refractivity (Wildman–Crippen MR) is 72.0 cm³/mol. The van der Waals surface area contributed by atoms with E-state index in [1.165, 1.54) is 12.1 Å². The summed E-state index contributed by atoms with van der Waals surface area (Å²) in [6.07, 6.45) is 1.71. The van der Waals surface area contributed by atoms with Gasteiger partial charge in [0, 0.05) is 23.7 Å². The van der Waals surface area contributed by atoms with E-state index in [0.717, 1.165) is 5.56 Å². The van der Waals surface area contributed by atoms with E-state index >= 15 is 0 Å². The molecule has 100 valence electrons. The minimum Gasteiger partial charge on any atom is -0.389 e. The van der Waals surface area contributed by atoms with Gasteiger partial charge in [-0.05, 0) is 37.6 Å². The Hall–Kier alpha value is -0.450. The summed E-state index contributed by atoms with van der Waals surface area (Å²) in [5.74, 6) is -0.281. The van der Waals surface area contributed by atoms with Crippen molar-refractivity contribution in [3.63, 3.8) is 0 Å². The fourth-order valence-electron chi connectivity index (χ4n) is 2.88. The molecule has 1 aromatic rings. The highest BCUT2D eigenvalue weighted by Gasteiger charge is 2.36. The molecule has 0 spiro atoms. The van der Waals surface area contributed by atoms with Crippen LogP contribution >= 0.6 is 15.9 Å². The Labute approximate surface area is 115 Å². The molecule has 2 unspecified atom stereocenters. The maximum atomic E-state index is 13.3. The molecule has 2 rings (SSSR count). The molecule has 0 amide bonds. The zero-order valence-electron chi connectivity index (χ0n) is 10.6. The fraction of sp³-hybridized carbons (Fsp3) is 0.571. The van der Waals surface area contributed by atoms with E-state index in [2.05, 4.69) is 15.9 Å². The molecule has 1 saturated heterocycles. The molecule has 0 bridgehead atoms. The van der Waals surface area contributed by atoms with Gasteiger partial charge in [-0.25, -0.2) is 4.39 Å². The molecule has 18 heavy (non-hydrogen) atoms. The molecule has 0 radical (unpaired) electrons. The monoisotopic (exact) mass is 316 g/mol. The first-order valence-electron chi connectivity index (χ1n) is 6.19. The summed E-state index contributed by atoms with van der Waals surface area (Å²) in [6.45, 7) is 3.92. The molecule has 1 aliphatic heterocycles. The quantitative estimate of drug-likeness (QED) is 0.905. The summed E-state index contributed by atoms with van der Waals surface area (Å²) < 4.78 is 19.7. The maximum Gasteiger partial charge on any atom is 0.124 e. The summed E-state index contributed by atoms with van der Waals surface area (Å²) in [7, 11) is 0. The van der Waals surface area contributed by atoms with Crippen LogP contribution in [0.4, 0.5) is 4.39 Å². The van der Waals surface area contributed by atoms with Crippen molar-refractivity contribution >= 4 is 15.9 Å². The van der Waals surface area contributed by atoms with Gasteiger partial charge in [0.15, 0.2) is 0 Å². The second-order valence-corrected chi connectivity index (χ2v) is 6.26. The van der Waals surface area contributed by atoms with Crippen LogP contribution in [0.1, 0.15) is 32.3 Å². The third kappa shape index (κ3) is 3.53. The lowest BCUT2D eigenvalue weighted by molar-refractivity contribution is -0.130. The molecule has 1 fully saturated rings. The topological polar surface area (TPSA) is 29.5 Å². The Morgan fingerprint density at radius 1 is 1.33 bits per heavy atom. The Balaban J connectivity index is 2.16. The standard InChI is InChI=1S/C14H18BrFO2/c1-9-6-14(17,7-10(2)18-9)8-11-3-12(15)5-13(16)4-11/h3-5,9-10,17H,6-8H2,1-2H3. The largest absolute Gasteiger partial charge is 0.389 e. The van der Waals surface area contributed by atoms with Gasteiger partial charge in [-0.1, -0.05) is 15.9 Å². The number of ether oxygens (including phenoxy) is 1. The van der Waals surface area contributed by atoms with E-state index in [1.54, 1.807) is 0 Å². The van der Waals surface area contributed by atoms with Gasteiger partial charge in [0.25, 0.3) is 0 Å². The molecule has 2 atom stereocenters. The number of aliphatic hydroxyl groups is 1. The Bertz CT molecular complexity index is 406. The molecule has 4 heteroatoms. The van der Waals surface area contributed by atoms with Crippen molar-refractivity contribution < 1.29 is 14.2 Å². The molecule has 1 aliphatic rings. The third-order valence-corrected chi connectivity index (χ3v) is 3.71. The van der Waals surface area contributed by atoms with Gasteiger partial charge in [-0.3, -0.25) is 0 Å². The summed E-state index contributed by atoms with van der Waals surface area (Å²) in [5, 5.41) is 10.6. The normalized spacial score (nSPS) is 32.5. The van der Waals surface area contributed by atoms with Crippen LogP contribution in [0.5, 0.6) is 0 Å². The van der Waals surface area contributed by atoms with Gasteiger partial charge < -0.3 is 9.84 Å². The molecular weight excluding hydrogens is 299 g/mol. The van der Waals surface area contributed by atoms with Gasteiger partial charge in [0.05, 0.1) is 17.8 Å². The minimum absolute atomic E-state index is 0.0377. The number of halogens is 2. The number of benzene rings is 1. The zero-order valence-corrected chi connectivity index (χ0v) is 12.2. The summed E-state index contributed by atoms with van der Waals surface area (Å²) in [4.78, 5) is 0. The zero-order chi connectivity index (χ0) is 13.3. The Morgan fingerprint density at radius 2 is 1.94 bits per heavy atom. The summed E-state index contributed by atoms with van der Waals surface area (Å²) in [6, 6.07) is 4.75. The average molecular weight is 317 g/mol. The lowest BCUT2D eigenvalue weighted by atomic mass is 9.82. The molecule has 0 saturated carbocycles. The van der Waals surface area contributed by atoms with Crippen LogP contribution in [0.2, 0.25) is 0 Å². The van der Waals surface area contributed by atoms with Crippen molar-refractivity contribution in [1.29, 1.82) is 0 Å². The van der Waals surface area contributed by atoms with E-state index in [-0.39, 0.29) is 18.0 Å². The molecule has 1 heterocycles. The van der Waals surface area contributed by atoms with Crippen LogP contribution in [0.15, 0.2) is 22.7 Å². The number of rotatable bonds is 2. The van der Waals surface area contributed by atoms with Gasteiger partial charge in [0.1, 0.15) is 5.82 Å². The molecular formula is C14H18BrFO2. The highest BCUT2D eigenvalue weighted by atomic mass is 79.9. The highest BCUT2D eigenvalue weighted by Crippen LogP contribution is 2.32. The minimum atomic E-state index is -0.801. The van der Waals surface area contributed by atoms with E-state index in [9.17, 15) is 9.50 Å². The highest BCUT2D eigenvalue weighted by molar-refractivity contribution is 9.10. The lowest BCUT2D eigenvalue weighted by Gasteiger charge is -2.39. The smallest absolute Gasteiger partial charge is 0.124 e. The van der Waals surface area contributed by atoms with Crippen molar-refractivity contribution in [3.8, 4) is 0 Å². The Morgan fingerprint density at radius 3 is 2.50 bits per heavy atom. The fourth-order valence-corrected chi connectivity index (χ4v) is 3.40. The molecule has 0 aromatic heterocycles. The first-order valence-corrected chi connectivity index (χ1v) is 6.98. The summed E-state index contributed by atoms with van der Waals surface area (Å²) in [5.41, 5.74) is 0.00954. The molecule has 0 aliphatic carbocycles. The number of hydrogen-bond acceptors (Lipinski definition) is 2. The van der Waals surface area contributed by atoms with Crippen molar-refractivity contribution in [1.82, 2.24) is 0 Å². The van der Waals surface area contributed by atoms with Crippen molar-refractivity contribution in [2.75, 3.05) is 0 Å². The van der Waals surface area contributed by atoms with Gasteiger partial charge in [-0.2, -0.15) is 0 Å². The first-order chi connectivity index (χ1) is 8.36. The molecule has 1 N–H and O–H groups in total. The number of hydrogen-bond donors (Lipinski definition) is 1. The SMILES string of the molecule is CC1CC(O)(Cc2cc(F)cc(Br)c2)CC(C)O1. The van der Waals surface area contributed by atoms with Crippen molar-refractivity contribution in [2.24, 2.45) is 0 Å². The molecule has 1 aromatic carbocycles. The summed E-state index contributed by atoms with van der Waals surface area (Å²) >= 11 is 3.27. The van der Waals surface area contributed by atoms with Crippen LogP contribution < -0.4 is 0 Å². The third-order valence-electron chi connectivity index (χ3n) is 3.25. The van der Waals surface area contributed by atoms with Gasteiger partial charge >= 0.3 is 0 Å². The average Bonchev–Trinajstić information content (AvgIpc) is 2.10. The van der Waals surface area contributed by atoms with Crippen molar-refractivity contribution in [3.05, 3.63) is 34.1 Å². The van der Waals surface area contributed by atoms with Gasteiger partial charge in [-0.15, -0.1) is 0 Å². The van der Waals surface area contributed by atoms with Crippen LogP contribution in [-0.2, 0) is 11.2 Å². The van der Waals surface area contributed by atoms with Crippen LogP contribution in [0, 0.1) is 5.82 Å².